The van der Waals surface area contributed by atoms with Gasteiger partial charge in [-0.15, -0.1) is 0 Å². The summed E-state index contributed by atoms with van der Waals surface area (Å²) in [6.45, 7) is 5.80. The highest BCUT2D eigenvalue weighted by Crippen LogP contribution is 2.32. The van der Waals surface area contributed by atoms with Crippen LogP contribution in [-0.4, -0.2) is 55.2 Å². The van der Waals surface area contributed by atoms with Gasteiger partial charge in [0.05, 0.1) is 19.6 Å². The van der Waals surface area contributed by atoms with Crippen molar-refractivity contribution >= 4 is 17.4 Å². The van der Waals surface area contributed by atoms with E-state index in [1.54, 1.807) is 4.90 Å². The molecule has 1 heterocycles. The molecule has 0 saturated carbocycles. The van der Waals surface area contributed by atoms with Crippen molar-refractivity contribution < 1.29 is 14.3 Å². The summed E-state index contributed by atoms with van der Waals surface area (Å²) in [5, 5.41) is 14.1. The summed E-state index contributed by atoms with van der Waals surface area (Å²) >= 11 is 0. The Labute approximate surface area is 230 Å². The molecule has 3 N–H and O–H groups in total. The number of nitrogens with two attached hydrogens (primary N) is 1. The number of rotatable bonds is 14. The van der Waals surface area contributed by atoms with Crippen LogP contribution in [0.15, 0.2) is 69.2 Å². The van der Waals surface area contributed by atoms with Crippen LogP contribution in [0.2, 0.25) is 0 Å². The molecular formula is C29H40N6O4. The molecule has 10 heteroatoms. The van der Waals surface area contributed by atoms with Crippen molar-refractivity contribution in [3.8, 4) is 0 Å². The first-order chi connectivity index (χ1) is 19.0. The van der Waals surface area contributed by atoms with Gasteiger partial charge in [-0.1, -0.05) is 67.1 Å². The molecule has 0 saturated heterocycles. The predicted octanol–water partition coefficient (Wildman–Crippen LogP) is 4.62. The van der Waals surface area contributed by atoms with Crippen molar-refractivity contribution in [1.82, 2.24) is 10.2 Å². The van der Waals surface area contributed by atoms with E-state index in [0.29, 0.717) is 44.5 Å². The van der Waals surface area contributed by atoms with E-state index < -0.39 is 6.17 Å². The molecule has 1 aliphatic carbocycles. The van der Waals surface area contributed by atoms with Gasteiger partial charge in [-0.3, -0.25) is 14.9 Å². The molecule has 2 atom stereocenters. The highest BCUT2D eigenvalue weighted by atomic mass is 16.5. The number of carbonyl (C=O) groups is 2. The van der Waals surface area contributed by atoms with Gasteiger partial charge in [0, 0.05) is 31.1 Å². The van der Waals surface area contributed by atoms with E-state index in [2.05, 4.69) is 33.8 Å². The second kappa shape index (κ2) is 15.7. The molecule has 1 amide bonds. The first-order valence-electron chi connectivity index (χ1n) is 13.8. The van der Waals surface area contributed by atoms with Crippen LogP contribution in [0.1, 0.15) is 63.5 Å². The number of hydrogen-bond acceptors (Lipinski definition) is 8. The minimum absolute atomic E-state index is 0.0677. The van der Waals surface area contributed by atoms with E-state index in [-0.39, 0.29) is 30.9 Å². The SMILES string of the molecule is CCCCOC(=O)Cc1ccc(C2=CC=C3C=C(C(=O)N(CCC)CCCN=O)CC(N=NN)NC3C2)cc1. The number of nitroso groups, excluding NO2 is 1. The van der Waals surface area contributed by atoms with Crippen molar-refractivity contribution in [1.29, 1.82) is 0 Å². The minimum atomic E-state index is -0.443. The molecule has 0 spiro atoms. The summed E-state index contributed by atoms with van der Waals surface area (Å²) in [6.07, 6.45) is 10.1. The normalized spacial score (nSPS) is 18.9. The molecule has 210 valence electrons. The van der Waals surface area contributed by atoms with Crippen LogP contribution in [0.25, 0.3) is 5.57 Å². The second-order valence-corrected chi connectivity index (χ2v) is 9.85. The molecule has 1 aromatic rings. The number of amides is 1. The second-order valence-electron chi connectivity index (χ2n) is 9.85. The number of allylic oxidation sites excluding steroid dienone is 2. The van der Waals surface area contributed by atoms with E-state index in [0.717, 1.165) is 41.5 Å². The van der Waals surface area contributed by atoms with E-state index in [9.17, 15) is 14.5 Å². The molecule has 1 aromatic carbocycles. The van der Waals surface area contributed by atoms with Crippen molar-refractivity contribution in [2.24, 2.45) is 21.4 Å². The van der Waals surface area contributed by atoms with Gasteiger partial charge in [0.25, 0.3) is 0 Å². The Morgan fingerprint density at radius 2 is 1.87 bits per heavy atom. The standard InChI is InChI=1S/C29H40N6O4/c1-3-5-16-39-28(36)17-21-7-9-22(10-8-21)23-11-12-24-18-25(20-27(33-34-30)32-26(24)19-23)29(37)35(14-4-2)15-6-13-31-38/h7-12,18,26-27,32H,3-6,13-17,19-20H2,1-2H3,(H2,30,33). The highest BCUT2D eigenvalue weighted by molar-refractivity contribution is 5.94. The minimum Gasteiger partial charge on any atom is -0.465 e. The average molecular weight is 537 g/mol. The summed E-state index contributed by atoms with van der Waals surface area (Å²) in [6, 6.07) is 7.89. The average Bonchev–Trinajstić information content (AvgIpc) is 3.12. The van der Waals surface area contributed by atoms with Crippen LogP contribution in [-0.2, 0) is 20.7 Å². The maximum Gasteiger partial charge on any atom is 0.310 e. The number of ether oxygens (including phenoxy) is 1. The number of fused-ring (bicyclic) bond motifs is 1. The van der Waals surface area contributed by atoms with Crippen molar-refractivity contribution in [3.63, 3.8) is 0 Å². The molecular weight excluding hydrogens is 496 g/mol. The van der Waals surface area contributed by atoms with Crippen LogP contribution in [0.4, 0.5) is 0 Å². The molecule has 0 fully saturated rings. The third-order valence-corrected chi connectivity index (χ3v) is 6.82. The Morgan fingerprint density at radius 1 is 1.08 bits per heavy atom. The topological polar surface area (TPSA) is 139 Å². The van der Waals surface area contributed by atoms with E-state index >= 15 is 0 Å². The molecule has 39 heavy (non-hydrogen) atoms. The molecule has 0 radical (unpaired) electrons. The zero-order valence-electron chi connectivity index (χ0n) is 23.0. The Balaban J connectivity index is 1.78. The summed E-state index contributed by atoms with van der Waals surface area (Å²) in [4.78, 5) is 37.8. The van der Waals surface area contributed by atoms with E-state index in [4.69, 9.17) is 10.6 Å². The smallest absolute Gasteiger partial charge is 0.310 e. The lowest BCUT2D eigenvalue weighted by Gasteiger charge is -2.25. The van der Waals surface area contributed by atoms with Crippen molar-refractivity contribution in [2.45, 2.75) is 71.0 Å². The van der Waals surface area contributed by atoms with Gasteiger partial charge in [0.1, 0.15) is 6.17 Å². The molecule has 3 rings (SSSR count). The lowest BCUT2D eigenvalue weighted by Crippen LogP contribution is -2.39. The monoisotopic (exact) mass is 536 g/mol. The van der Waals surface area contributed by atoms with Crippen LogP contribution in [0, 0.1) is 4.91 Å². The fourth-order valence-corrected chi connectivity index (χ4v) is 4.80. The predicted molar refractivity (Wildman–Crippen MR) is 151 cm³/mol. The fourth-order valence-electron chi connectivity index (χ4n) is 4.80. The van der Waals surface area contributed by atoms with Crippen LogP contribution in [0.5, 0.6) is 0 Å². The first-order valence-corrected chi connectivity index (χ1v) is 13.8. The van der Waals surface area contributed by atoms with E-state index in [1.807, 2.05) is 43.3 Å². The number of carbonyl (C=O) groups excluding carboxylic acids is 2. The largest absolute Gasteiger partial charge is 0.465 e. The number of nitrogens with one attached hydrogen (secondary N) is 1. The summed E-state index contributed by atoms with van der Waals surface area (Å²) < 4.78 is 5.27. The number of esters is 1. The van der Waals surface area contributed by atoms with Crippen molar-refractivity contribution in [3.05, 3.63) is 69.7 Å². The van der Waals surface area contributed by atoms with E-state index in [1.165, 1.54) is 0 Å². The lowest BCUT2D eigenvalue weighted by atomic mass is 9.88. The third-order valence-electron chi connectivity index (χ3n) is 6.82. The third kappa shape index (κ3) is 8.95. The number of unbranched alkanes of at least 4 members (excludes halogenated alkanes) is 1. The molecule has 0 aromatic heterocycles. The zero-order valence-corrected chi connectivity index (χ0v) is 23.0. The zero-order chi connectivity index (χ0) is 28.0. The van der Waals surface area contributed by atoms with Crippen LogP contribution in [0.3, 0.4) is 0 Å². The Hall–Kier alpha value is -3.66. The highest BCUT2D eigenvalue weighted by Gasteiger charge is 2.30. The van der Waals surface area contributed by atoms with Crippen LogP contribution >= 0.6 is 0 Å². The summed E-state index contributed by atoms with van der Waals surface area (Å²) in [5.74, 6) is 5.12. The van der Waals surface area contributed by atoms with Gasteiger partial charge < -0.3 is 15.5 Å². The van der Waals surface area contributed by atoms with Crippen molar-refractivity contribution in [2.75, 3.05) is 26.2 Å². The fraction of sp³-hybridized carbons (Fsp3) is 0.517. The summed E-state index contributed by atoms with van der Waals surface area (Å²) in [7, 11) is 0. The molecule has 2 aliphatic rings. The van der Waals surface area contributed by atoms with Gasteiger partial charge in [-0.05, 0) is 54.0 Å². The van der Waals surface area contributed by atoms with Gasteiger partial charge in [0.2, 0.25) is 5.91 Å². The molecule has 10 nitrogen and oxygen atoms in total. The number of hydrogen-bond donors (Lipinski definition) is 2. The van der Waals surface area contributed by atoms with Gasteiger partial charge in [-0.25, -0.2) is 0 Å². The summed E-state index contributed by atoms with van der Waals surface area (Å²) in [5.41, 5.74) is 4.74. The Bertz CT molecular complexity index is 1110. The Morgan fingerprint density at radius 3 is 2.56 bits per heavy atom. The van der Waals surface area contributed by atoms with Gasteiger partial charge >= 0.3 is 5.97 Å². The molecule has 1 aliphatic heterocycles. The maximum absolute atomic E-state index is 13.5. The molecule has 0 bridgehead atoms. The number of nitrogens with zero attached hydrogens (tertiary/aromatic N) is 4. The van der Waals surface area contributed by atoms with Gasteiger partial charge in [-0.2, -0.15) is 10.0 Å². The quantitative estimate of drug-likeness (QED) is 0.0888. The van der Waals surface area contributed by atoms with Crippen LogP contribution < -0.4 is 11.2 Å². The lowest BCUT2D eigenvalue weighted by molar-refractivity contribution is -0.142. The number of benzene rings is 1. The first kappa shape index (κ1) is 29.9. The van der Waals surface area contributed by atoms with Gasteiger partial charge in [0.15, 0.2) is 0 Å². The maximum atomic E-state index is 13.5. The molecule has 2 unspecified atom stereocenters. The Kier molecular flexibility index (Phi) is 12.0.